The molecule has 0 bridgehead atoms. The number of nitrogens with zero attached hydrogens (tertiary/aromatic N) is 3. The summed E-state index contributed by atoms with van der Waals surface area (Å²) >= 11 is 0. The van der Waals surface area contributed by atoms with E-state index in [9.17, 15) is 41.3 Å². The van der Waals surface area contributed by atoms with Crippen molar-refractivity contribution in [3.63, 3.8) is 0 Å². The molecule has 1 N–H and O–H groups in total. The molecule has 2 aromatic heterocycles. The number of benzene rings is 1. The fourth-order valence-corrected chi connectivity index (χ4v) is 2.34. The first-order valence-electron chi connectivity index (χ1n) is 7.77. The van der Waals surface area contributed by atoms with Crippen molar-refractivity contribution in [2.24, 2.45) is 0 Å². The number of carbonyl (C=O) groups is 1. The highest BCUT2D eigenvalue weighted by atomic mass is 19.4. The maximum Gasteiger partial charge on any atom is 0.435 e. The van der Waals surface area contributed by atoms with Crippen LogP contribution in [0.15, 0.2) is 46.9 Å². The fraction of sp³-hybridized carbons (Fsp3) is 0.125. The number of hydrogen-bond donors (Lipinski definition) is 1. The van der Waals surface area contributed by atoms with Crippen molar-refractivity contribution in [3.05, 3.63) is 69.7 Å². The second-order valence-corrected chi connectivity index (χ2v) is 5.72. The molecular weight excluding hydrogens is 426 g/mol. The molecule has 14 heteroatoms. The molecule has 0 aliphatic carbocycles. The Morgan fingerprint density at radius 3 is 2.17 bits per heavy atom. The summed E-state index contributed by atoms with van der Waals surface area (Å²) in [6.45, 7) is 0. The molecule has 0 aliphatic heterocycles. The molecule has 3 rings (SSSR count). The molecule has 0 fully saturated rings. The molecule has 0 spiro atoms. The maximum atomic E-state index is 13.1. The first kappa shape index (κ1) is 20.9. The molecule has 0 saturated carbocycles. The zero-order chi connectivity index (χ0) is 22.3. The van der Waals surface area contributed by atoms with E-state index in [1.54, 1.807) is 0 Å². The number of alkyl halides is 6. The minimum atomic E-state index is -5.10. The average Bonchev–Trinajstić information content (AvgIpc) is 3.29. The van der Waals surface area contributed by atoms with Crippen LogP contribution in [0, 0.1) is 10.1 Å². The van der Waals surface area contributed by atoms with E-state index in [-0.39, 0.29) is 22.1 Å². The normalized spacial score (nSPS) is 12.1. The monoisotopic (exact) mass is 434 g/mol. The molecule has 30 heavy (non-hydrogen) atoms. The van der Waals surface area contributed by atoms with Gasteiger partial charge in [0.05, 0.1) is 11.8 Å². The van der Waals surface area contributed by atoms with Gasteiger partial charge in [0.1, 0.15) is 10.6 Å². The number of nitrogens with one attached hydrogen (secondary N) is 1. The number of anilines is 1. The first-order valence-corrected chi connectivity index (χ1v) is 7.77. The largest absolute Gasteiger partial charge is 0.435 e. The lowest BCUT2D eigenvalue weighted by atomic mass is 10.2. The van der Waals surface area contributed by atoms with Gasteiger partial charge in [-0.2, -0.15) is 31.4 Å². The van der Waals surface area contributed by atoms with Crippen LogP contribution in [0.1, 0.15) is 21.9 Å². The molecule has 0 unspecified atom stereocenters. The second kappa shape index (κ2) is 7.20. The van der Waals surface area contributed by atoms with Gasteiger partial charge in [0, 0.05) is 11.8 Å². The highest BCUT2D eigenvalue weighted by Gasteiger charge is 2.42. The number of rotatable bonds is 4. The number of halogens is 6. The number of aromatic nitrogens is 2. The lowest BCUT2D eigenvalue weighted by molar-refractivity contribution is -0.402. The lowest BCUT2D eigenvalue weighted by Gasteiger charge is -2.11. The first-order chi connectivity index (χ1) is 13.9. The third-order valence-electron chi connectivity index (χ3n) is 3.66. The van der Waals surface area contributed by atoms with Crippen LogP contribution >= 0.6 is 0 Å². The van der Waals surface area contributed by atoms with Gasteiger partial charge < -0.3 is 9.73 Å². The number of furan rings is 1. The lowest BCUT2D eigenvalue weighted by Crippen LogP contribution is -2.14. The van der Waals surface area contributed by atoms with E-state index in [1.807, 2.05) is 0 Å². The Labute approximate surface area is 161 Å². The minimum absolute atomic E-state index is 0.0413. The number of carbonyl (C=O) groups excluding carboxylic acids is 1. The van der Waals surface area contributed by atoms with Gasteiger partial charge >= 0.3 is 18.2 Å². The number of hydrogen-bond acceptors (Lipinski definition) is 5. The van der Waals surface area contributed by atoms with E-state index in [0.29, 0.717) is 0 Å². The SMILES string of the molecule is O=C(Nc1ccc(-n2nc(C(F)(F)F)cc2C(F)(F)F)cc1)c1ccc([N+](=O)[O-])o1. The predicted octanol–water partition coefficient (Wildman–Crippen LogP) is 4.66. The number of amides is 1. The van der Waals surface area contributed by atoms with Crippen LogP contribution < -0.4 is 5.32 Å². The molecule has 0 radical (unpaired) electrons. The third kappa shape index (κ3) is 4.26. The van der Waals surface area contributed by atoms with Crippen molar-refractivity contribution < 1.29 is 40.5 Å². The smallest absolute Gasteiger partial charge is 0.395 e. The van der Waals surface area contributed by atoms with E-state index in [1.165, 1.54) is 0 Å². The van der Waals surface area contributed by atoms with E-state index >= 15 is 0 Å². The zero-order valence-electron chi connectivity index (χ0n) is 14.3. The Balaban J connectivity index is 1.86. The Kier molecular flexibility index (Phi) is 5.01. The highest BCUT2D eigenvalue weighted by molar-refractivity contribution is 6.02. The summed E-state index contributed by atoms with van der Waals surface area (Å²) in [4.78, 5) is 21.7. The molecule has 1 aromatic carbocycles. The molecule has 0 atom stereocenters. The molecule has 2 heterocycles. The van der Waals surface area contributed by atoms with Crippen molar-refractivity contribution >= 4 is 17.5 Å². The Bertz CT molecular complexity index is 1100. The zero-order valence-corrected chi connectivity index (χ0v) is 14.3. The maximum absolute atomic E-state index is 13.1. The van der Waals surface area contributed by atoms with Crippen LogP contribution in [-0.2, 0) is 12.4 Å². The summed E-state index contributed by atoms with van der Waals surface area (Å²) in [5.41, 5.74) is -3.65. The van der Waals surface area contributed by atoms with Crippen molar-refractivity contribution in [2.45, 2.75) is 12.4 Å². The van der Waals surface area contributed by atoms with Crippen LogP contribution in [0.2, 0.25) is 0 Å². The van der Waals surface area contributed by atoms with Crippen molar-refractivity contribution in [1.29, 1.82) is 0 Å². The summed E-state index contributed by atoms with van der Waals surface area (Å²) in [5.74, 6) is -1.95. The van der Waals surface area contributed by atoms with E-state index in [4.69, 9.17) is 4.42 Å². The van der Waals surface area contributed by atoms with Gasteiger partial charge in [-0.15, -0.1) is 0 Å². The fourth-order valence-electron chi connectivity index (χ4n) is 2.34. The molecule has 8 nitrogen and oxygen atoms in total. The van der Waals surface area contributed by atoms with Crippen molar-refractivity contribution in [2.75, 3.05) is 5.32 Å². The van der Waals surface area contributed by atoms with Crippen LogP contribution in [0.4, 0.5) is 37.9 Å². The second-order valence-electron chi connectivity index (χ2n) is 5.72. The number of nitro groups is 1. The van der Waals surface area contributed by atoms with Crippen molar-refractivity contribution in [1.82, 2.24) is 9.78 Å². The molecule has 0 aliphatic rings. The molecule has 1 amide bonds. The topological polar surface area (TPSA) is 103 Å². The van der Waals surface area contributed by atoms with E-state index in [0.717, 1.165) is 36.4 Å². The molecular formula is C16H8F6N4O4. The van der Waals surface area contributed by atoms with Crippen LogP contribution in [-0.4, -0.2) is 20.6 Å². The van der Waals surface area contributed by atoms with Gasteiger partial charge in [-0.3, -0.25) is 14.9 Å². The van der Waals surface area contributed by atoms with Crippen LogP contribution in [0.5, 0.6) is 0 Å². The van der Waals surface area contributed by atoms with Gasteiger partial charge in [-0.25, -0.2) is 4.68 Å². The predicted molar refractivity (Wildman–Crippen MR) is 86.9 cm³/mol. The Hall–Kier alpha value is -3.84. The van der Waals surface area contributed by atoms with Gasteiger partial charge in [-0.1, -0.05) is 0 Å². The quantitative estimate of drug-likeness (QED) is 0.365. The van der Waals surface area contributed by atoms with Gasteiger partial charge in [0.15, 0.2) is 11.5 Å². The summed E-state index contributed by atoms with van der Waals surface area (Å²) in [5, 5.41) is 15.8. The van der Waals surface area contributed by atoms with Gasteiger partial charge in [-0.05, 0) is 30.3 Å². The molecule has 3 aromatic rings. The van der Waals surface area contributed by atoms with E-state index in [2.05, 4.69) is 10.4 Å². The van der Waals surface area contributed by atoms with E-state index < -0.39 is 46.2 Å². The summed E-state index contributed by atoms with van der Waals surface area (Å²) in [6, 6.07) is 6.11. The van der Waals surface area contributed by atoms with Crippen molar-refractivity contribution in [3.8, 4) is 5.69 Å². The molecule has 0 saturated heterocycles. The Morgan fingerprint density at radius 2 is 1.67 bits per heavy atom. The summed E-state index contributed by atoms with van der Waals surface area (Å²) < 4.78 is 82.4. The molecule has 158 valence electrons. The average molecular weight is 434 g/mol. The van der Waals surface area contributed by atoms with Gasteiger partial charge in [0.2, 0.25) is 0 Å². The Morgan fingerprint density at radius 1 is 1.03 bits per heavy atom. The minimum Gasteiger partial charge on any atom is -0.395 e. The summed E-state index contributed by atoms with van der Waals surface area (Å²) in [7, 11) is 0. The van der Waals surface area contributed by atoms with Crippen LogP contribution in [0.25, 0.3) is 5.69 Å². The highest BCUT2D eigenvalue weighted by Crippen LogP contribution is 2.36. The van der Waals surface area contributed by atoms with Gasteiger partial charge in [0.25, 0.3) is 5.91 Å². The van der Waals surface area contributed by atoms with Crippen LogP contribution in [0.3, 0.4) is 0 Å². The third-order valence-corrected chi connectivity index (χ3v) is 3.66. The summed E-state index contributed by atoms with van der Waals surface area (Å²) in [6.07, 6.45) is -10.2. The standard InChI is InChI=1S/C16H8F6N4O4/c17-15(18,19)11-7-12(16(20,21)22)25(24-11)9-3-1-8(2-4-9)23-14(27)10-5-6-13(30-10)26(28)29/h1-7H,(H,23,27).